The van der Waals surface area contributed by atoms with Gasteiger partial charge in [0.1, 0.15) is 0 Å². The Hall–Kier alpha value is -2.37. The van der Waals surface area contributed by atoms with Crippen LogP contribution in [0.4, 0.5) is 8.78 Å². The molecule has 1 heterocycles. The molecule has 3 N–H and O–H groups in total. The lowest BCUT2D eigenvalue weighted by Gasteiger charge is -2.19. The van der Waals surface area contributed by atoms with E-state index in [0.717, 1.165) is 28.5 Å². The fourth-order valence-corrected chi connectivity index (χ4v) is 2.45. The number of fused-ring (bicyclic) bond motifs is 1. The third-order valence-electron chi connectivity index (χ3n) is 3.47. The Morgan fingerprint density at radius 2 is 1.90 bits per heavy atom. The van der Waals surface area contributed by atoms with Gasteiger partial charge in [-0.3, -0.25) is 10.8 Å². The first-order chi connectivity index (χ1) is 10.2. The van der Waals surface area contributed by atoms with Gasteiger partial charge in [0.05, 0.1) is 6.04 Å². The Morgan fingerprint density at radius 3 is 2.67 bits per heavy atom. The molecule has 0 bridgehead atoms. The minimum absolute atomic E-state index is 0.451. The minimum atomic E-state index is -0.897. The van der Waals surface area contributed by atoms with Crippen LogP contribution in [0.2, 0.25) is 0 Å². The Labute approximate surface area is 120 Å². The van der Waals surface area contributed by atoms with Crippen LogP contribution in [0.25, 0.3) is 10.8 Å². The third-order valence-corrected chi connectivity index (χ3v) is 3.47. The molecular weight excluding hydrogens is 272 g/mol. The number of nitrogens with two attached hydrogens (primary N) is 1. The summed E-state index contributed by atoms with van der Waals surface area (Å²) < 4.78 is 26.5. The molecule has 1 atom stereocenters. The highest BCUT2D eigenvalue weighted by Gasteiger charge is 2.17. The highest BCUT2D eigenvalue weighted by atomic mass is 19.2. The van der Waals surface area contributed by atoms with Gasteiger partial charge in [-0.15, -0.1) is 0 Å². The quantitative estimate of drug-likeness (QED) is 0.574. The van der Waals surface area contributed by atoms with E-state index in [0.29, 0.717) is 5.56 Å². The maximum Gasteiger partial charge on any atom is 0.159 e. The number of hydrogen-bond donors (Lipinski definition) is 2. The zero-order valence-corrected chi connectivity index (χ0v) is 11.1. The molecule has 3 rings (SSSR count). The van der Waals surface area contributed by atoms with Gasteiger partial charge in [0.2, 0.25) is 0 Å². The number of rotatable bonds is 3. The van der Waals surface area contributed by atoms with Crippen LogP contribution < -0.4 is 11.3 Å². The van der Waals surface area contributed by atoms with Crippen molar-refractivity contribution in [2.45, 2.75) is 6.04 Å². The normalized spacial score (nSPS) is 12.5. The van der Waals surface area contributed by atoms with Crippen LogP contribution >= 0.6 is 0 Å². The molecule has 0 aliphatic rings. The van der Waals surface area contributed by atoms with Gasteiger partial charge in [-0.2, -0.15) is 0 Å². The van der Waals surface area contributed by atoms with Crippen LogP contribution in [-0.2, 0) is 0 Å². The number of nitrogens with zero attached hydrogens (tertiary/aromatic N) is 1. The number of aromatic nitrogens is 1. The molecule has 0 spiro atoms. The molecule has 0 aliphatic carbocycles. The lowest BCUT2D eigenvalue weighted by atomic mass is 9.95. The van der Waals surface area contributed by atoms with Crippen molar-refractivity contribution in [1.82, 2.24) is 10.4 Å². The van der Waals surface area contributed by atoms with Crippen molar-refractivity contribution in [2.75, 3.05) is 0 Å². The van der Waals surface area contributed by atoms with E-state index in [1.54, 1.807) is 12.4 Å². The number of halogens is 2. The summed E-state index contributed by atoms with van der Waals surface area (Å²) in [5, 5.41) is 1.91. The Morgan fingerprint density at radius 1 is 1.05 bits per heavy atom. The van der Waals surface area contributed by atoms with Crippen molar-refractivity contribution < 1.29 is 8.78 Å². The molecule has 21 heavy (non-hydrogen) atoms. The van der Waals surface area contributed by atoms with E-state index in [4.69, 9.17) is 5.84 Å². The van der Waals surface area contributed by atoms with Crippen LogP contribution in [0.1, 0.15) is 17.2 Å². The lowest BCUT2D eigenvalue weighted by molar-refractivity contribution is 0.504. The van der Waals surface area contributed by atoms with E-state index in [-0.39, 0.29) is 0 Å². The standard InChI is InChI=1S/C16H13F2N3/c17-14-5-4-11(8-15(14)18)16(21-19)12-3-1-2-10-6-7-20-9-13(10)12/h1-9,16,21H,19H2. The summed E-state index contributed by atoms with van der Waals surface area (Å²) in [6.07, 6.45) is 3.43. The van der Waals surface area contributed by atoms with Gasteiger partial charge in [-0.05, 0) is 34.7 Å². The van der Waals surface area contributed by atoms with Gasteiger partial charge < -0.3 is 0 Å². The van der Waals surface area contributed by atoms with Gasteiger partial charge >= 0.3 is 0 Å². The van der Waals surface area contributed by atoms with Crippen molar-refractivity contribution in [3.63, 3.8) is 0 Å². The van der Waals surface area contributed by atoms with Crippen molar-refractivity contribution in [3.8, 4) is 0 Å². The highest BCUT2D eigenvalue weighted by molar-refractivity contribution is 5.85. The van der Waals surface area contributed by atoms with E-state index < -0.39 is 17.7 Å². The molecular formula is C16H13F2N3. The molecule has 3 aromatic rings. The largest absolute Gasteiger partial charge is 0.271 e. The molecule has 5 heteroatoms. The van der Waals surface area contributed by atoms with E-state index in [2.05, 4.69) is 10.4 Å². The third kappa shape index (κ3) is 2.49. The number of nitrogens with one attached hydrogen (secondary N) is 1. The Bertz CT molecular complexity index is 784. The first-order valence-electron chi connectivity index (χ1n) is 6.44. The van der Waals surface area contributed by atoms with Crippen molar-refractivity contribution in [1.29, 1.82) is 0 Å². The van der Waals surface area contributed by atoms with Crippen LogP contribution in [0, 0.1) is 11.6 Å². The summed E-state index contributed by atoms with van der Waals surface area (Å²) in [5.41, 5.74) is 4.06. The summed E-state index contributed by atoms with van der Waals surface area (Å²) in [6, 6.07) is 10.9. The van der Waals surface area contributed by atoms with Crippen LogP contribution in [-0.4, -0.2) is 4.98 Å². The molecule has 0 radical (unpaired) electrons. The molecule has 1 unspecified atom stereocenters. The predicted octanol–water partition coefficient (Wildman–Crippen LogP) is 3.07. The zero-order valence-electron chi connectivity index (χ0n) is 11.1. The van der Waals surface area contributed by atoms with Gasteiger partial charge in [-0.1, -0.05) is 24.3 Å². The average molecular weight is 285 g/mol. The zero-order chi connectivity index (χ0) is 14.8. The first kappa shape index (κ1) is 13.6. The van der Waals surface area contributed by atoms with Gasteiger partial charge in [0, 0.05) is 17.8 Å². The second-order valence-corrected chi connectivity index (χ2v) is 4.72. The molecule has 0 amide bonds. The van der Waals surface area contributed by atoms with Crippen molar-refractivity contribution in [2.24, 2.45) is 5.84 Å². The van der Waals surface area contributed by atoms with E-state index in [9.17, 15) is 8.78 Å². The lowest BCUT2D eigenvalue weighted by Crippen LogP contribution is -2.29. The average Bonchev–Trinajstić information content (AvgIpc) is 2.52. The molecule has 2 aromatic carbocycles. The summed E-state index contributed by atoms with van der Waals surface area (Å²) in [5.74, 6) is 3.85. The number of pyridine rings is 1. The number of hydrazine groups is 1. The summed E-state index contributed by atoms with van der Waals surface area (Å²) in [6.45, 7) is 0. The topological polar surface area (TPSA) is 50.9 Å². The molecule has 106 valence electrons. The summed E-state index contributed by atoms with van der Waals surface area (Å²) in [7, 11) is 0. The molecule has 0 saturated carbocycles. The van der Waals surface area contributed by atoms with Crippen molar-refractivity contribution >= 4 is 10.8 Å². The maximum atomic E-state index is 13.4. The first-order valence-corrected chi connectivity index (χ1v) is 6.44. The van der Waals surface area contributed by atoms with Gasteiger partial charge in [0.15, 0.2) is 11.6 Å². The van der Waals surface area contributed by atoms with Gasteiger partial charge in [0.25, 0.3) is 0 Å². The number of benzene rings is 2. The monoisotopic (exact) mass is 285 g/mol. The van der Waals surface area contributed by atoms with Crippen LogP contribution in [0.3, 0.4) is 0 Å². The fourth-order valence-electron chi connectivity index (χ4n) is 2.45. The molecule has 0 fully saturated rings. The number of hydrogen-bond acceptors (Lipinski definition) is 3. The minimum Gasteiger partial charge on any atom is -0.271 e. The highest BCUT2D eigenvalue weighted by Crippen LogP contribution is 2.28. The Balaban J connectivity index is 2.16. The summed E-state index contributed by atoms with van der Waals surface area (Å²) in [4.78, 5) is 4.11. The molecule has 3 nitrogen and oxygen atoms in total. The molecule has 1 aromatic heterocycles. The SMILES string of the molecule is NNC(c1ccc(F)c(F)c1)c1cccc2ccncc12. The van der Waals surface area contributed by atoms with Gasteiger partial charge in [-0.25, -0.2) is 14.2 Å². The summed E-state index contributed by atoms with van der Waals surface area (Å²) >= 11 is 0. The van der Waals surface area contributed by atoms with Crippen LogP contribution in [0.15, 0.2) is 54.9 Å². The molecule has 0 saturated heterocycles. The smallest absolute Gasteiger partial charge is 0.159 e. The second kappa shape index (κ2) is 5.55. The fraction of sp³-hybridized carbons (Fsp3) is 0.0625. The van der Waals surface area contributed by atoms with E-state index >= 15 is 0 Å². The molecule has 0 aliphatic heterocycles. The van der Waals surface area contributed by atoms with Crippen LogP contribution in [0.5, 0.6) is 0 Å². The second-order valence-electron chi connectivity index (χ2n) is 4.72. The van der Waals surface area contributed by atoms with E-state index in [1.807, 2.05) is 24.3 Å². The van der Waals surface area contributed by atoms with Crippen molar-refractivity contribution in [3.05, 3.63) is 77.6 Å². The van der Waals surface area contributed by atoms with E-state index in [1.165, 1.54) is 6.07 Å². The predicted molar refractivity (Wildman–Crippen MR) is 77.3 cm³/mol. The Kier molecular flexibility index (Phi) is 3.60. The maximum absolute atomic E-state index is 13.4.